The van der Waals surface area contributed by atoms with Crippen molar-refractivity contribution in [1.29, 1.82) is 0 Å². The third-order valence-electron chi connectivity index (χ3n) is 4.47. The third-order valence-corrected chi connectivity index (χ3v) is 4.47. The summed E-state index contributed by atoms with van der Waals surface area (Å²) in [4.78, 5) is 2.48. The predicted molar refractivity (Wildman–Crippen MR) is 71.1 cm³/mol. The van der Waals surface area contributed by atoms with E-state index in [-0.39, 0.29) is 6.10 Å². The van der Waals surface area contributed by atoms with Gasteiger partial charge in [0.2, 0.25) is 0 Å². The van der Waals surface area contributed by atoms with E-state index in [1.807, 2.05) is 0 Å². The molecule has 3 nitrogen and oxygen atoms in total. The third kappa shape index (κ3) is 3.94. The number of hydrogen-bond donors (Lipinski definition) is 2. The smallest absolute Gasteiger partial charge is 0.0693 e. The Morgan fingerprint density at radius 1 is 1.18 bits per heavy atom. The first-order valence-corrected chi connectivity index (χ1v) is 7.32. The molecule has 100 valence electrons. The lowest BCUT2D eigenvalue weighted by Crippen LogP contribution is -2.46. The molecule has 0 aromatic heterocycles. The molecule has 3 unspecified atom stereocenters. The van der Waals surface area contributed by atoms with Crippen LogP contribution in [0, 0.1) is 0 Å². The van der Waals surface area contributed by atoms with Gasteiger partial charge in [0.05, 0.1) is 6.10 Å². The van der Waals surface area contributed by atoms with Crippen molar-refractivity contribution in [2.75, 3.05) is 13.6 Å². The van der Waals surface area contributed by atoms with Crippen molar-refractivity contribution >= 4 is 0 Å². The van der Waals surface area contributed by atoms with Crippen LogP contribution in [0.2, 0.25) is 0 Å². The maximum absolute atomic E-state index is 10.0. The molecule has 17 heavy (non-hydrogen) atoms. The Kier molecular flexibility index (Phi) is 4.83. The molecular weight excluding hydrogens is 212 g/mol. The summed E-state index contributed by atoms with van der Waals surface area (Å²) in [5, 5.41) is 13.6. The summed E-state index contributed by atoms with van der Waals surface area (Å²) in [5.41, 5.74) is 0. The highest BCUT2D eigenvalue weighted by Gasteiger charge is 2.29. The highest BCUT2D eigenvalue weighted by atomic mass is 16.3. The van der Waals surface area contributed by atoms with E-state index in [0.29, 0.717) is 12.1 Å². The van der Waals surface area contributed by atoms with Gasteiger partial charge in [-0.25, -0.2) is 0 Å². The van der Waals surface area contributed by atoms with E-state index < -0.39 is 0 Å². The zero-order valence-corrected chi connectivity index (χ0v) is 11.4. The highest BCUT2D eigenvalue weighted by molar-refractivity contribution is 4.87. The number of likely N-dealkylation sites (N-methyl/N-ethyl adjacent to an activating group) is 1. The zero-order chi connectivity index (χ0) is 12.3. The Morgan fingerprint density at radius 3 is 2.59 bits per heavy atom. The summed E-state index contributed by atoms with van der Waals surface area (Å²) in [6.07, 6.45) is 8.47. The van der Waals surface area contributed by atoms with Crippen LogP contribution in [0.15, 0.2) is 0 Å². The highest BCUT2D eigenvalue weighted by Crippen LogP contribution is 2.27. The largest absolute Gasteiger partial charge is 0.392 e. The minimum atomic E-state index is -0.129. The van der Waals surface area contributed by atoms with Gasteiger partial charge in [-0.1, -0.05) is 19.3 Å². The Labute approximate surface area is 106 Å². The standard InChI is InChI=1S/C14H28N2O/c1-11(16(2)12-8-9-12)10-15-13-6-4-3-5-7-14(13)17/h11-15,17H,3-10H2,1-2H3. The monoisotopic (exact) mass is 240 g/mol. The molecule has 2 aliphatic carbocycles. The topological polar surface area (TPSA) is 35.5 Å². The number of aliphatic hydroxyl groups is 1. The van der Waals surface area contributed by atoms with Gasteiger partial charge in [0, 0.05) is 24.7 Å². The number of rotatable bonds is 5. The summed E-state index contributed by atoms with van der Waals surface area (Å²) in [5.74, 6) is 0. The summed E-state index contributed by atoms with van der Waals surface area (Å²) >= 11 is 0. The van der Waals surface area contributed by atoms with Crippen molar-refractivity contribution in [3.05, 3.63) is 0 Å². The Bertz CT molecular complexity index is 230. The summed E-state index contributed by atoms with van der Waals surface area (Å²) in [6, 6.07) is 1.73. The van der Waals surface area contributed by atoms with Crippen LogP contribution in [0.4, 0.5) is 0 Å². The molecule has 3 atom stereocenters. The molecule has 0 saturated heterocycles. The molecule has 0 amide bonds. The van der Waals surface area contributed by atoms with Gasteiger partial charge in [-0.2, -0.15) is 0 Å². The van der Waals surface area contributed by atoms with Gasteiger partial charge < -0.3 is 10.4 Å². The Morgan fingerprint density at radius 2 is 1.88 bits per heavy atom. The van der Waals surface area contributed by atoms with Gasteiger partial charge in [-0.3, -0.25) is 4.90 Å². The van der Waals surface area contributed by atoms with Crippen molar-refractivity contribution in [2.45, 2.75) is 76.1 Å². The average molecular weight is 240 g/mol. The minimum absolute atomic E-state index is 0.129. The van der Waals surface area contributed by atoms with E-state index in [2.05, 4.69) is 24.2 Å². The van der Waals surface area contributed by atoms with Crippen LogP contribution < -0.4 is 5.32 Å². The van der Waals surface area contributed by atoms with Gasteiger partial charge in [0.1, 0.15) is 0 Å². The molecule has 0 bridgehead atoms. The van der Waals surface area contributed by atoms with Crippen LogP contribution in [-0.2, 0) is 0 Å². The fraction of sp³-hybridized carbons (Fsp3) is 1.00. The molecule has 2 saturated carbocycles. The lowest BCUT2D eigenvalue weighted by Gasteiger charge is -2.28. The molecule has 3 heteroatoms. The van der Waals surface area contributed by atoms with Crippen LogP contribution >= 0.6 is 0 Å². The van der Waals surface area contributed by atoms with Crippen LogP contribution in [0.1, 0.15) is 51.9 Å². The van der Waals surface area contributed by atoms with Gasteiger partial charge in [0.25, 0.3) is 0 Å². The lowest BCUT2D eigenvalue weighted by atomic mass is 10.1. The number of nitrogens with zero attached hydrogens (tertiary/aromatic N) is 1. The van der Waals surface area contributed by atoms with Crippen molar-refractivity contribution in [2.24, 2.45) is 0 Å². The molecule has 2 fully saturated rings. The number of nitrogens with one attached hydrogen (secondary N) is 1. The molecular formula is C14H28N2O. The van der Waals surface area contributed by atoms with Crippen molar-refractivity contribution in [3.8, 4) is 0 Å². The molecule has 2 rings (SSSR count). The number of aliphatic hydroxyl groups excluding tert-OH is 1. The summed E-state index contributed by atoms with van der Waals surface area (Å²) in [6.45, 7) is 3.29. The molecule has 0 spiro atoms. The van der Waals surface area contributed by atoms with E-state index in [0.717, 1.165) is 25.4 Å². The number of hydrogen-bond acceptors (Lipinski definition) is 3. The summed E-state index contributed by atoms with van der Waals surface area (Å²) < 4.78 is 0. The zero-order valence-electron chi connectivity index (χ0n) is 11.4. The first-order chi connectivity index (χ1) is 8.18. The van der Waals surface area contributed by atoms with E-state index in [1.165, 1.54) is 32.1 Å². The second-order valence-electron chi connectivity index (χ2n) is 5.97. The van der Waals surface area contributed by atoms with Gasteiger partial charge in [-0.05, 0) is 39.7 Å². The van der Waals surface area contributed by atoms with Crippen molar-refractivity contribution in [1.82, 2.24) is 10.2 Å². The first kappa shape index (κ1) is 13.3. The van der Waals surface area contributed by atoms with Crippen molar-refractivity contribution < 1.29 is 5.11 Å². The fourth-order valence-corrected chi connectivity index (χ4v) is 2.83. The molecule has 0 radical (unpaired) electrons. The van der Waals surface area contributed by atoms with E-state index in [9.17, 15) is 5.11 Å². The molecule has 0 aromatic carbocycles. The summed E-state index contributed by atoms with van der Waals surface area (Å²) in [7, 11) is 2.23. The average Bonchev–Trinajstić information content (AvgIpc) is 3.13. The van der Waals surface area contributed by atoms with Gasteiger partial charge >= 0.3 is 0 Å². The minimum Gasteiger partial charge on any atom is -0.392 e. The van der Waals surface area contributed by atoms with Crippen LogP contribution in [-0.4, -0.2) is 47.8 Å². The normalized spacial score (nSPS) is 32.5. The van der Waals surface area contributed by atoms with Crippen molar-refractivity contribution in [3.63, 3.8) is 0 Å². The quantitative estimate of drug-likeness (QED) is 0.719. The van der Waals surface area contributed by atoms with Gasteiger partial charge in [0.15, 0.2) is 0 Å². The molecule has 0 aromatic rings. The van der Waals surface area contributed by atoms with Crippen LogP contribution in [0.5, 0.6) is 0 Å². The second-order valence-corrected chi connectivity index (χ2v) is 5.97. The lowest BCUT2D eigenvalue weighted by molar-refractivity contribution is 0.114. The SMILES string of the molecule is CC(CNC1CCCCCC1O)N(C)C1CC1. The van der Waals surface area contributed by atoms with E-state index >= 15 is 0 Å². The van der Waals surface area contributed by atoms with Crippen LogP contribution in [0.3, 0.4) is 0 Å². The predicted octanol–water partition coefficient (Wildman–Crippen LogP) is 1.75. The second kappa shape index (κ2) is 6.17. The molecule has 0 aliphatic heterocycles. The maximum Gasteiger partial charge on any atom is 0.0693 e. The van der Waals surface area contributed by atoms with Crippen LogP contribution in [0.25, 0.3) is 0 Å². The fourth-order valence-electron chi connectivity index (χ4n) is 2.83. The van der Waals surface area contributed by atoms with E-state index in [1.54, 1.807) is 0 Å². The molecule has 2 N–H and O–H groups in total. The Hall–Kier alpha value is -0.120. The Balaban J connectivity index is 1.71. The maximum atomic E-state index is 10.0. The van der Waals surface area contributed by atoms with E-state index in [4.69, 9.17) is 0 Å². The molecule has 2 aliphatic rings. The molecule has 0 heterocycles. The first-order valence-electron chi connectivity index (χ1n) is 7.32. The van der Waals surface area contributed by atoms with Gasteiger partial charge in [-0.15, -0.1) is 0 Å².